The van der Waals surface area contributed by atoms with E-state index >= 15 is 0 Å². The third-order valence-electron chi connectivity index (χ3n) is 4.52. The van der Waals surface area contributed by atoms with Gasteiger partial charge in [-0.15, -0.1) is 0 Å². The van der Waals surface area contributed by atoms with Gasteiger partial charge in [0.25, 0.3) is 0 Å². The number of aromatic nitrogens is 2. The van der Waals surface area contributed by atoms with E-state index in [0.717, 1.165) is 12.2 Å². The normalized spacial score (nSPS) is 22.1. The predicted octanol–water partition coefficient (Wildman–Crippen LogP) is 3.80. The van der Waals surface area contributed by atoms with Crippen molar-refractivity contribution in [2.24, 2.45) is 0 Å². The van der Waals surface area contributed by atoms with Crippen LogP contribution in [0.5, 0.6) is 0 Å². The van der Waals surface area contributed by atoms with Gasteiger partial charge in [-0.3, -0.25) is 0 Å². The van der Waals surface area contributed by atoms with E-state index in [-0.39, 0.29) is 0 Å². The van der Waals surface area contributed by atoms with E-state index in [9.17, 15) is 0 Å². The molecule has 0 aliphatic heterocycles. The molecule has 2 fully saturated rings. The summed E-state index contributed by atoms with van der Waals surface area (Å²) >= 11 is 0. The number of anilines is 1. The molecule has 2 aliphatic carbocycles. The summed E-state index contributed by atoms with van der Waals surface area (Å²) in [5, 5.41) is 0. The Bertz CT molecular complexity index is 410. The Morgan fingerprint density at radius 3 is 2.33 bits per heavy atom. The molecule has 0 radical (unpaired) electrons. The highest BCUT2D eigenvalue weighted by molar-refractivity contribution is 5.42. The Hall–Kier alpha value is -0.990. The smallest absolute Gasteiger partial charge is 0.127 e. The standard InChI is InChI=1S/C15H25N3/c1-2-13-17-14(11-7-5-3-4-6-8-11)15(16)18(13)12-9-10-12/h11-12H,2-10,16H2,1H3. The molecule has 0 aromatic carbocycles. The van der Waals surface area contributed by atoms with E-state index in [2.05, 4.69) is 11.5 Å². The quantitative estimate of drug-likeness (QED) is 0.826. The topological polar surface area (TPSA) is 43.8 Å². The van der Waals surface area contributed by atoms with Crippen LogP contribution in [0.15, 0.2) is 0 Å². The second-order valence-corrected chi connectivity index (χ2v) is 5.94. The summed E-state index contributed by atoms with van der Waals surface area (Å²) < 4.78 is 2.33. The van der Waals surface area contributed by atoms with Crippen molar-refractivity contribution in [3.63, 3.8) is 0 Å². The van der Waals surface area contributed by atoms with Crippen LogP contribution in [0, 0.1) is 0 Å². The van der Waals surface area contributed by atoms with Crippen molar-refractivity contribution in [2.75, 3.05) is 5.73 Å². The maximum absolute atomic E-state index is 6.40. The highest BCUT2D eigenvalue weighted by Gasteiger charge is 2.31. The summed E-state index contributed by atoms with van der Waals surface area (Å²) in [5.74, 6) is 2.83. The molecule has 3 nitrogen and oxygen atoms in total. The Labute approximate surface area is 110 Å². The van der Waals surface area contributed by atoms with Gasteiger partial charge >= 0.3 is 0 Å². The molecule has 1 heterocycles. The van der Waals surface area contributed by atoms with Crippen LogP contribution in [0.4, 0.5) is 5.82 Å². The third kappa shape index (κ3) is 2.15. The Balaban J connectivity index is 1.90. The van der Waals surface area contributed by atoms with Crippen LogP contribution in [-0.2, 0) is 6.42 Å². The molecule has 2 saturated carbocycles. The summed E-state index contributed by atoms with van der Waals surface area (Å²) in [6.07, 6.45) is 11.6. The van der Waals surface area contributed by atoms with Crippen molar-refractivity contribution < 1.29 is 0 Å². The third-order valence-corrected chi connectivity index (χ3v) is 4.52. The van der Waals surface area contributed by atoms with E-state index in [4.69, 9.17) is 10.7 Å². The SMILES string of the molecule is CCc1nc(C2CCCCCC2)c(N)n1C1CC1. The number of rotatable bonds is 3. The molecule has 2 N–H and O–H groups in total. The molecule has 0 amide bonds. The molecule has 1 aromatic heterocycles. The maximum Gasteiger partial charge on any atom is 0.127 e. The molecule has 3 rings (SSSR count). The van der Waals surface area contributed by atoms with Crippen molar-refractivity contribution in [3.05, 3.63) is 11.5 Å². The van der Waals surface area contributed by atoms with Crippen molar-refractivity contribution >= 4 is 5.82 Å². The summed E-state index contributed by atoms with van der Waals surface area (Å²) in [4.78, 5) is 4.89. The first-order valence-electron chi connectivity index (χ1n) is 7.67. The minimum Gasteiger partial charge on any atom is -0.384 e. The zero-order valence-corrected chi connectivity index (χ0v) is 11.5. The highest BCUT2D eigenvalue weighted by atomic mass is 15.2. The van der Waals surface area contributed by atoms with Crippen LogP contribution in [0.1, 0.15) is 81.8 Å². The van der Waals surface area contributed by atoms with Crippen LogP contribution >= 0.6 is 0 Å². The Morgan fingerprint density at radius 1 is 1.11 bits per heavy atom. The molecular formula is C15H25N3. The number of nitrogen functional groups attached to an aromatic ring is 1. The Kier molecular flexibility index (Phi) is 3.31. The molecule has 3 heteroatoms. The van der Waals surface area contributed by atoms with Gasteiger partial charge in [-0.25, -0.2) is 4.98 Å². The van der Waals surface area contributed by atoms with Gasteiger partial charge in [0.1, 0.15) is 11.6 Å². The van der Waals surface area contributed by atoms with Crippen molar-refractivity contribution in [1.82, 2.24) is 9.55 Å². The van der Waals surface area contributed by atoms with E-state index in [1.165, 1.54) is 62.9 Å². The average Bonchev–Trinajstić information content (AvgIpc) is 3.18. The van der Waals surface area contributed by atoms with Gasteiger partial charge in [0.2, 0.25) is 0 Å². The highest BCUT2D eigenvalue weighted by Crippen LogP contribution is 2.42. The maximum atomic E-state index is 6.40. The van der Waals surface area contributed by atoms with Crippen molar-refractivity contribution in [3.8, 4) is 0 Å². The van der Waals surface area contributed by atoms with E-state index in [1.54, 1.807) is 0 Å². The van der Waals surface area contributed by atoms with Crippen LogP contribution in [0.2, 0.25) is 0 Å². The lowest BCUT2D eigenvalue weighted by atomic mass is 9.96. The largest absolute Gasteiger partial charge is 0.384 e. The minimum absolute atomic E-state index is 0.623. The summed E-state index contributed by atoms with van der Waals surface area (Å²) in [7, 11) is 0. The minimum atomic E-state index is 0.623. The number of imidazole rings is 1. The first kappa shape index (κ1) is 12.1. The van der Waals surface area contributed by atoms with Gasteiger partial charge in [0, 0.05) is 18.4 Å². The van der Waals surface area contributed by atoms with E-state index < -0.39 is 0 Å². The zero-order chi connectivity index (χ0) is 12.5. The zero-order valence-electron chi connectivity index (χ0n) is 11.5. The molecule has 18 heavy (non-hydrogen) atoms. The Morgan fingerprint density at radius 2 is 1.78 bits per heavy atom. The van der Waals surface area contributed by atoms with Gasteiger partial charge in [-0.2, -0.15) is 0 Å². The molecule has 2 aliphatic rings. The lowest BCUT2D eigenvalue weighted by molar-refractivity contribution is 0.580. The molecule has 100 valence electrons. The number of aryl methyl sites for hydroxylation is 1. The second kappa shape index (κ2) is 4.94. The number of hydrogen-bond donors (Lipinski definition) is 1. The van der Waals surface area contributed by atoms with E-state index in [1.807, 2.05) is 0 Å². The molecule has 0 saturated heterocycles. The molecule has 0 atom stereocenters. The fraction of sp³-hybridized carbons (Fsp3) is 0.800. The predicted molar refractivity (Wildman–Crippen MR) is 74.7 cm³/mol. The van der Waals surface area contributed by atoms with Gasteiger partial charge in [-0.05, 0) is 25.7 Å². The second-order valence-electron chi connectivity index (χ2n) is 5.94. The van der Waals surface area contributed by atoms with Crippen LogP contribution in [-0.4, -0.2) is 9.55 Å². The van der Waals surface area contributed by atoms with E-state index in [0.29, 0.717) is 12.0 Å². The lowest BCUT2D eigenvalue weighted by Crippen LogP contribution is -2.06. The number of nitrogens with zero attached hydrogens (tertiary/aromatic N) is 2. The fourth-order valence-corrected chi connectivity index (χ4v) is 3.36. The van der Waals surface area contributed by atoms with Gasteiger partial charge < -0.3 is 10.3 Å². The molecule has 1 aromatic rings. The van der Waals surface area contributed by atoms with Gasteiger partial charge in [0.05, 0.1) is 5.69 Å². The summed E-state index contributed by atoms with van der Waals surface area (Å²) in [5.41, 5.74) is 7.63. The van der Waals surface area contributed by atoms with Crippen molar-refractivity contribution in [2.45, 2.75) is 76.7 Å². The van der Waals surface area contributed by atoms with Crippen LogP contribution in [0.25, 0.3) is 0 Å². The monoisotopic (exact) mass is 247 g/mol. The molecular weight excluding hydrogens is 222 g/mol. The molecule has 0 unspecified atom stereocenters. The number of hydrogen-bond acceptors (Lipinski definition) is 2. The van der Waals surface area contributed by atoms with Crippen LogP contribution in [0.3, 0.4) is 0 Å². The average molecular weight is 247 g/mol. The number of nitrogens with two attached hydrogens (primary N) is 1. The molecule has 0 bridgehead atoms. The lowest BCUT2D eigenvalue weighted by Gasteiger charge is -2.12. The van der Waals surface area contributed by atoms with Gasteiger partial charge in [-0.1, -0.05) is 32.6 Å². The fourth-order valence-electron chi connectivity index (χ4n) is 3.36. The van der Waals surface area contributed by atoms with Gasteiger partial charge in [0.15, 0.2) is 0 Å². The first-order chi connectivity index (χ1) is 8.81. The first-order valence-corrected chi connectivity index (χ1v) is 7.67. The summed E-state index contributed by atoms with van der Waals surface area (Å²) in [6.45, 7) is 2.19. The van der Waals surface area contributed by atoms with Crippen LogP contribution < -0.4 is 5.73 Å². The molecule has 0 spiro atoms. The van der Waals surface area contributed by atoms with Crippen molar-refractivity contribution in [1.29, 1.82) is 0 Å². The summed E-state index contributed by atoms with van der Waals surface area (Å²) in [6, 6.07) is 0.659.